The van der Waals surface area contributed by atoms with Crippen LogP contribution in [-0.2, 0) is 0 Å². The summed E-state index contributed by atoms with van der Waals surface area (Å²) < 4.78 is 32.9. The Kier molecular flexibility index (Phi) is 4.77. The number of aromatic nitrogens is 1. The number of aliphatic hydroxyl groups excluding tert-OH is 1. The summed E-state index contributed by atoms with van der Waals surface area (Å²) in [5.74, 6) is -0.116. The van der Waals surface area contributed by atoms with E-state index in [4.69, 9.17) is 5.73 Å². The Morgan fingerprint density at radius 1 is 1.06 bits per heavy atom. The number of benzene rings is 1. The van der Waals surface area contributed by atoms with Crippen LogP contribution in [0.25, 0.3) is 16.3 Å². The van der Waals surface area contributed by atoms with Crippen LogP contribution in [0.2, 0.25) is 0 Å². The second-order valence-corrected chi connectivity index (χ2v) is 11.8. The molecule has 0 radical (unpaired) electrons. The number of rotatable bonds is 1. The highest BCUT2D eigenvalue weighted by Crippen LogP contribution is 2.67. The van der Waals surface area contributed by atoms with Crippen LogP contribution in [0.15, 0.2) is 36.5 Å². The van der Waals surface area contributed by atoms with Crippen LogP contribution in [0.3, 0.4) is 0 Å². The lowest BCUT2D eigenvalue weighted by atomic mass is 9.52. The van der Waals surface area contributed by atoms with Gasteiger partial charge in [0.15, 0.2) is 0 Å². The van der Waals surface area contributed by atoms with Crippen molar-refractivity contribution in [1.82, 2.24) is 4.98 Å². The highest BCUT2D eigenvalue weighted by Gasteiger charge is 2.69. The second kappa shape index (κ2) is 7.23. The molecule has 2 aromatic rings. The van der Waals surface area contributed by atoms with Crippen LogP contribution in [0.5, 0.6) is 0 Å². The molecule has 4 N–H and O–H groups in total. The highest BCUT2D eigenvalue weighted by atomic mass is 19.2. The van der Waals surface area contributed by atoms with E-state index >= 15 is 8.78 Å². The van der Waals surface area contributed by atoms with Crippen LogP contribution in [-0.4, -0.2) is 38.2 Å². The average molecular weight is 469 g/mol. The van der Waals surface area contributed by atoms with Crippen LogP contribution in [0.1, 0.15) is 70.3 Å². The van der Waals surface area contributed by atoms with Gasteiger partial charge in [-0.25, -0.2) is 13.8 Å². The van der Waals surface area contributed by atoms with Crippen molar-refractivity contribution in [2.45, 2.75) is 87.8 Å². The lowest BCUT2D eigenvalue weighted by molar-refractivity contribution is -0.201. The Balaban J connectivity index is 1.36. The predicted molar refractivity (Wildman–Crippen MR) is 129 cm³/mol. The van der Waals surface area contributed by atoms with Gasteiger partial charge in [-0.15, -0.1) is 0 Å². The molecule has 0 bridgehead atoms. The summed E-state index contributed by atoms with van der Waals surface area (Å²) in [6.07, 6.45) is 6.03. The SMILES string of the molecule is CC12CCC3(F)CC4(F)CC(O)CCC4CC[C@]3(O)C1CC=C2c1ccc2cc(N)ncc2c1. The van der Waals surface area contributed by atoms with Crippen LogP contribution in [0, 0.1) is 17.3 Å². The molecule has 0 spiro atoms. The summed E-state index contributed by atoms with van der Waals surface area (Å²) in [7, 11) is 0. The molecule has 6 rings (SSSR count). The standard InChI is InChI=1S/C28H34F2N2O2/c1-25-10-11-27(30)16-26(29)14-21(33)5-4-20(26)8-9-28(27,34)23(25)7-6-22(25)18-3-2-17-13-24(31)32-15-19(17)12-18/h2-3,6,12-13,15,20-21,23,33-34H,4-5,7-11,14,16H2,1H3,(H2,31,32)/t20?,21?,23?,25?,26?,27?,28-/m0/s1. The van der Waals surface area contributed by atoms with Crippen molar-refractivity contribution < 1.29 is 19.0 Å². The first kappa shape index (κ1) is 22.4. The van der Waals surface area contributed by atoms with Gasteiger partial charge in [-0.05, 0) is 84.9 Å². The number of alkyl halides is 2. The maximum absolute atomic E-state index is 16.8. The van der Waals surface area contributed by atoms with Crippen LogP contribution >= 0.6 is 0 Å². The quantitative estimate of drug-likeness (QED) is 0.515. The van der Waals surface area contributed by atoms with Gasteiger partial charge in [-0.3, -0.25) is 0 Å². The molecule has 0 amide bonds. The molecule has 3 fully saturated rings. The third-order valence-electron chi connectivity index (χ3n) is 9.99. The zero-order valence-electron chi connectivity index (χ0n) is 19.7. The third kappa shape index (κ3) is 3.03. The minimum atomic E-state index is -1.98. The van der Waals surface area contributed by atoms with Crippen molar-refractivity contribution in [3.05, 3.63) is 42.1 Å². The summed E-state index contributed by atoms with van der Waals surface area (Å²) in [5, 5.41) is 24.3. The van der Waals surface area contributed by atoms with E-state index in [1.807, 2.05) is 12.1 Å². The van der Waals surface area contributed by atoms with E-state index in [1.165, 1.54) is 0 Å². The Hall–Kier alpha value is -2.05. The number of pyridine rings is 1. The largest absolute Gasteiger partial charge is 0.393 e. The number of nitrogens with two attached hydrogens (primary N) is 1. The third-order valence-corrected chi connectivity index (χ3v) is 9.99. The first-order valence-electron chi connectivity index (χ1n) is 12.7. The number of hydrogen-bond donors (Lipinski definition) is 3. The van der Waals surface area contributed by atoms with Crippen molar-refractivity contribution in [2.75, 3.05) is 5.73 Å². The van der Waals surface area contributed by atoms with Crippen molar-refractivity contribution in [3.63, 3.8) is 0 Å². The van der Waals surface area contributed by atoms with E-state index in [0.29, 0.717) is 37.9 Å². The Labute approximate surface area is 199 Å². The molecule has 1 aromatic carbocycles. The summed E-state index contributed by atoms with van der Waals surface area (Å²) in [5.41, 5.74) is 2.34. The Morgan fingerprint density at radius 3 is 2.71 bits per heavy atom. The van der Waals surface area contributed by atoms with Gasteiger partial charge in [0, 0.05) is 30.3 Å². The van der Waals surface area contributed by atoms with Crippen molar-refractivity contribution in [3.8, 4) is 0 Å². The fourth-order valence-corrected chi connectivity index (χ4v) is 8.14. The predicted octanol–water partition coefficient (Wildman–Crippen LogP) is 5.51. The molecule has 0 saturated heterocycles. The Bertz CT molecular complexity index is 1190. The van der Waals surface area contributed by atoms with Crippen molar-refractivity contribution >= 4 is 22.2 Å². The van der Waals surface area contributed by atoms with Gasteiger partial charge in [-0.2, -0.15) is 0 Å². The topological polar surface area (TPSA) is 79.4 Å². The number of aliphatic hydroxyl groups is 2. The molecule has 182 valence electrons. The molecule has 7 atom stereocenters. The van der Waals surface area contributed by atoms with E-state index in [-0.39, 0.29) is 37.5 Å². The first-order chi connectivity index (χ1) is 16.1. The number of halogens is 2. The number of fused-ring (bicyclic) bond motifs is 5. The normalized spacial score (nSPS) is 44.0. The molecule has 0 aliphatic heterocycles. The molecule has 6 heteroatoms. The molecule has 4 aliphatic rings. The van der Waals surface area contributed by atoms with Gasteiger partial charge in [0.25, 0.3) is 0 Å². The minimum Gasteiger partial charge on any atom is -0.393 e. The molecule has 4 nitrogen and oxygen atoms in total. The van der Waals surface area contributed by atoms with Gasteiger partial charge < -0.3 is 15.9 Å². The lowest BCUT2D eigenvalue weighted by Crippen LogP contribution is -2.63. The van der Waals surface area contributed by atoms with Crippen LogP contribution < -0.4 is 5.73 Å². The van der Waals surface area contributed by atoms with Crippen molar-refractivity contribution in [2.24, 2.45) is 17.3 Å². The molecule has 34 heavy (non-hydrogen) atoms. The molecule has 6 unspecified atom stereocenters. The molecule has 4 aliphatic carbocycles. The van der Waals surface area contributed by atoms with E-state index in [1.54, 1.807) is 6.20 Å². The number of nitrogen functional groups attached to an aromatic ring is 1. The zero-order chi connectivity index (χ0) is 23.9. The van der Waals surface area contributed by atoms with Gasteiger partial charge >= 0.3 is 0 Å². The van der Waals surface area contributed by atoms with Gasteiger partial charge in [0.1, 0.15) is 22.8 Å². The summed E-state index contributed by atoms with van der Waals surface area (Å²) in [6.45, 7) is 2.15. The fourth-order valence-electron chi connectivity index (χ4n) is 8.14. The number of hydrogen-bond acceptors (Lipinski definition) is 4. The number of allylic oxidation sites excluding steroid dienone is 2. The monoisotopic (exact) mass is 468 g/mol. The number of nitrogens with zero attached hydrogens (tertiary/aromatic N) is 1. The van der Waals surface area contributed by atoms with Crippen LogP contribution in [0.4, 0.5) is 14.6 Å². The molecule has 1 heterocycles. The molecule has 1 aromatic heterocycles. The maximum atomic E-state index is 16.8. The number of anilines is 1. The van der Waals surface area contributed by atoms with E-state index < -0.39 is 28.5 Å². The average Bonchev–Trinajstić information content (AvgIpc) is 3.10. The zero-order valence-corrected chi connectivity index (χ0v) is 19.7. The second-order valence-electron chi connectivity index (χ2n) is 11.8. The molecular formula is C28H34F2N2O2. The molecular weight excluding hydrogens is 434 g/mol. The maximum Gasteiger partial charge on any atom is 0.142 e. The van der Waals surface area contributed by atoms with Gasteiger partial charge in [0.2, 0.25) is 0 Å². The fraction of sp³-hybridized carbons (Fsp3) is 0.607. The minimum absolute atomic E-state index is 0.0134. The summed E-state index contributed by atoms with van der Waals surface area (Å²) >= 11 is 0. The first-order valence-corrected chi connectivity index (χ1v) is 12.7. The van der Waals surface area contributed by atoms with E-state index in [9.17, 15) is 10.2 Å². The Morgan fingerprint density at radius 2 is 1.88 bits per heavy atom. The smallest absolute Gasteiger partial charge is 0.142 e. The summed E-state index contributed by atoms with van der Waals surface area (Å²) in [6, 6.07) is 8.05. The molecule has 3 saturated carbocycles. The van der Waals surface area contributed by atoms with E-state index in [0.717, 1.165) is 21.9 Å². The lowest BCUT2D eigenvalue weighted by Gasteiger charge is -2.56. The van der Waals surface area contributed by atoms with E-state index in [2.05, 4.69) is 30.1 Å². The highest BCUT2D eigenvalue weighted by molar-refractivity contribution is 5.88. The van der Waals surface area contributed by atoms with Gasteiger partial charge in [0.05, 0.1) is 6.10 Å². The summed E-state index contributed by atoms with van der Waals surface area (Å²) in [4.78, 5) is 4.22. The van der Waals surface area contributed by atoms with Gasteiger partial charge in [-0.1, -0.05) is 25.1 Å². The van der Waals surface area contributed by atoms with Crippen molar-refractivity contribution in [1.29, 1.82) is 0 Å².